The van der Waals surface area contributed by atoms with Gasteiger partial charge in [0, 0.05) is 12.0 Å². The molecule has 0 heterocycles. The van der Waals surface area contributed by atoms with Crippen molar-refractivity contribution in [1.82, 2.24) is 0 Å². The summed E-state index contributed by atoms with van der Waals surface area (Å²) in [7, 11) is 0. The van der Waals surface area contributed by atoms with Crippen LogP contribution in [-0.4, -0.2) is 21.4 Å². The van der Waals surface area contributed by atoms with E-state index < -0.39 is 17.7 Å². The summed E-state index contributed by atoms with van der Waals surface area (Å²) in [5.41, 5.74) is 6.11. The molecule has 0 fully saturated rings. The maximum absolute atomic E-state index is 10.1. The number of nitrogens with two attached hydrogens (primary N) is 1. The fraction of sp³-hybridized carbons (Fsp3) is 0.714. The Morgan fingerprint density at radius 2 is 1.33 bits per heavy atom. The number of hydrogen-bond acceptors (Lipinski definition) is 4. The molecule has 1 rings (SSSR count). The summed E-state index contributed by atoms with van der Waals surface area (Å²) in [5.74, 6) is -1.36. The molecule has 0 aromatic rings. The lowest BCUT2D eigenvalue weighted by Crippen LogP contribution is -2.47. The Bertz CT molecular complexity index is 408. The van der Waals surface area contributed by atoms with Crippen molar-refractivity contribution in [3.63, 3.8) is 0 Å². The van der Waals surface area contributed by atoms with Gasteiger partial charge in [0.15, 0.2) is 11.5 Å². The Hall–Kier alpha value is -1.16. The van der Waals surface area contributed by atoms with Gasteiger partial charge in [0.25, 0.3) is 0 Å². The first-order chi connectivity index (χ1) is 7.89. The second-order valence-corrected chi connectivity index (χ2v) is 7.12. The lowest BCUT2D eigenvalue weighted by Gasteiger charge is -2.42. The highest BCUT2D eigenvalue weighted by Gasteiger charge is 2.45. The van der Waals surface area contributed by atoms with E-state index in [1.807, 2.05) is 41.5 Å². The van der Waals surface area contributed by atoms with Gasteiger partial charge in [0.1, 0.15) is 5.76 Å². The normalized spacial score (nSPS) is 26.8. The quantitative estimate of drug-likeness (QED) is 0.535. The Balaban J connectivity index is 3.46. The van der Waals surface area contributed by atoms with Gasteiger partial charge in [-0.15, -0.1) is 0 Å². The molecule has 2 unspecified atom stereocenters. The third kappa shape index (κ3) is 2.34. The van der Waals surface area contributed by atoms with Crippen LogP contribution in [0, 0.1) is 16.7 Å². The van der Waals surface area contributed by atoms with E-state index in [1.165, 1.54) is 0 Å². The fourth-order valence-electron chi connectivity index (χ4n) is 2.69. The smallest absolute Gasteiger partial charge is 0.196 e. The second-order valence-electron chi connectivity index (χ2n) is 7.12. The molecule has 1 aliphatic rings. The Morgan fingerprint density at radius 3 is 1.67 bits per heavy atom. The molecular weight excluding hydrogens is 230 g/mol. The van der Waals surface area contributed by atoms with Crippen molar-refractivity contribution in [2.75, 3.05) is 0 Å². The molecule has 0 radical (unpaired) electrons. The van der Waals surface area contributed by atoms with Crippen molar-refractivity contribution in [3.8, 4) is 0 Å². The van der Waals surface area contributed by atoms with Gasteiger partial charge in [-0.05, 0) is 16.4 Å². The van der Waals surface area contributed by atoms with Gasteiger partial charge in [0.2, 0.25) is 0 Å². The predicted octanol–water partition coefficient (Wildman–Crippen LogP) is 3.18. The van der Waals surface area contributed by atoms with Crippen LogP contribution in [0.15, 0.2) is 22.9 Å². The molecule has 0 aromatic carbocycles. The van der Waals surface area contributed by atoms with Crippen LogP contribution in [0.2, 0.25) is 0 Å². The number of aliphatic hydroxyl groups is 3. The first-order valence-corrected chi connectivity index (χ1v) is 6.20. The monoisotopic (exact) mass is 255 g/mol. The van der Waals surface area contributed by atoms with Gasteiger partial charge in [-0.2, -0.15) is 0 Å². The molecule has 5 N–H and O–H groups in total. The summed E-state index contributed by atoms with van der Waals surface area (Å²) in [6, 6.07) is -0.513. The molecular formula is C14H25NO3. The highest BCUT2D eigenvalue weighted by atomic mass is 16.3. The zero-order chi connectivity index (χ0) is 14.5. The van der Waals surface area contributed by atoms with E-state index >= 15 is 0 Å². The van der Waals surface area contributed by atoms with Crippen LogP contribution in [0.25, 0.3) is 0 Å². The highest BCUT2D eigenvalue weighted by Crippen LogP contribution is 2.45. The summed E-state index contributed by atoms with van der Waals surface area (Å²) >= 11 is 0. The summed E-state index contributed by atoms with van der Waals surface area (Å²) < 4.78 is 0. The standard InChI is InChI=1S/C14H25NO3/c1-13(2,3)7-9(15)8(14(4,5)6)11(17)12(18)10(7)16/h7,9,16-18H,15H2,1-6H3. The second kappa shape index (κ2) is 4.19. The molecule has 1 aliphatic carbocycles. The van der Waals surface area contributed by atoms with Crippen LogP contribution >= 0.6 is 0 Å². The molecule has 0 aliphatic heterocycles. The molecule has 0 spiro atoms. The molecule has 0 aromatic heterocycles. The molecule has 0 bridgehead atoms. The maximum atomic E-state index is 10.1. The number of hydrogen-bond donors (Lipinski definition) is 4. The Labute approximate surface area is 109 Å². The molecule has 4 heteroatoms. The van der Waals surface area contributed by atoms with Crippen LogP contribution < -0.4 is 5.73 Å². The van der Waals surface area contributed by atoms with Crippen LogP contribution in [0.4, 0.5) is 0 Å². The predicted molar refractivity (Wildman–Crippen MR) is 72.3 cm³/mol. The third-order valence-corrected chi connectivity index (χ3v) is 3.45. The van der Waals surface area contributed by atoms with E-state index in [4.69, 9.17) is 5.73 Å². The van der Waals surface area contributed by atoms with Gasteiger partial charge in [-0.1, -0.05) is 41.5 Å². The van der Waals surface area contributed by atoms with Gasteiger partial charge >= 0.3 is 0 Å². The topological polar surface area (TPSA) is 86.7 Å². The number of aliphatic hydroxyl groups excluding tert-OH is 3. The lowest BCUT2D eigenvalue weighted by atomic mass is 9.66. The average molecular weight is 255 g/mol. The summed E-state index contributed by atoms with van der Waals surface area (Å²) in [5, 5.41) is 30.0. The third-order valence-electron chi connectivity index (χ3n) is 3.45. The van der Waals surface area contributed by atoms with Gasteiger partial charge in [-0.3, -0.25) is 0 Å². The molecule has 0 amide bonds. The van der Waals surface area contributed by atoms with Crippen molar-refractivity contribution in [1.29, 1.82) is 0 Å². The lowest BCUT2D eigenvalue weighted by molar-refractivity contribution is 0.137. The van der Waals surface area contributed by atoms with E-state index in [2.05, 4.69) is 0 Å². The molecule has 4 nitrogen and oxygen atoms in total. The maximum Gasteiger partial charge on any atom is 0.196 e. The zero-order valence-corrected chi connectivity index (χ0v) is 12.1. The van der Waals surface area contributed by atoms with Crippen LogP contribution in [0.1, 0.15) is 41.5 Å². The van der Waals surface area contributed by atoms with E-state index in [9.17, 15) is 15.3 Å². The van der Waals surface area contributed by atoms with Gasteiger partial charge in [-0.25, -0.2) is 0 Å². The van der Waals surface area contributed by atoms with E-state index in [-0.39, 0.29) is 22.3 Å². The fourth-order valence-corrected chi connectivity index (χ4v) is 2.69. The summed E-state index contributed by atoms with van der Waals surface area (Å²) in [6.07, 6.45) is 0. The van der Waals surface area contributed by atoms with Crippen molar-refractivity contribution in [2.24, 2.45) is 22.5 Å². The van der Waals surface area contributed by atoms with E-state index in [0.29, 0.717) is 5.57 Å². The first kappa shape index (κ1) is 14.9. The molecule has 0 saturated carbocycles. The van der Waals surface area contributed by atoms with Gasteiger partial charge < -0.3 is 21.1 Å². The molecule has 2 atom stereocenters. The van der Waals surface area contributed by atoms with Crippen molar-refractivity contribution in [2.45, 2.75) is 47.6 Å². The van der Waals surface area contributed by atoms with Crippen LogP contribution in [0.5, 0.6) is 0 Å². The highest BCUT2D eigenvalue weighted by molar-refractivity contribution is 5.40. The minimum atomic E-state index is -0.513. The van der Waals surface area contributed by atoms with E-state index in [0.717, 1.165) is 0 Å². The zero-order valence-electron chi connectivity index (χ0n) is 12.1. The molecule has 104 valence electrons. The SMILES string of the molecule is CC(C)(C)C1=C(O)C(O)=C(O)C(C(C)(C)C)C1N. The van der Waals surface area contributed by atoms with Crippen molar-refractivity contribution >= 4 is 0 Å². The Morgan fingerprint density at radius 1 is 0.889 bits per heavy atom. The largest absolute Gasteiger partial charge is 0.508 e. The molecule has 0 saturated heterocycles. The minimum Gasteiger partial charge on any atom is -0.508 e. The number of rotatable bonds is 0. The Kier molecular flexibility index (Phi) is 3.47. The first-order valence-electron chi connectivity index (χ1n) is 6.20. The van der Waals surface area contributed by atoms with Gasteiger partial charge in [0.05, 0.1) is 0 Å². The van der Waals surface area contributed by atoms with E-state index in [1.54, 1.807) is 0 Å². The summed E-state index contributed by atoms with van der Waals surface area (Å²) in [6.45, 7) is 11.6. The van der Waals surface area contributed by atoms with Crippen LogP contribution in [-0.2, 0) is 0 Å². The summed E-state index contributed by atoms with van der Waals surface area (Å²) in [4.78, 5) is 0. The van der Waals surface area contributed by atoms with Crippen molar-refractivity contribution in [3.05, 3.63) is 22.9 Å². The van der Waals surface area contributed by atoms with Crippen LogP contribution in [0.3, 0.4) is 0 Å². The average Bonchev–Trinajstić information content (AvgIpc) is 2.09. The minimum absolute atomic E-state index is 0.222. The molecule has 18 heavy (non-hydrogen) atoms. The van der Waals surface area contributed by atoms with Crippen molar-refractivity contribution < 1.29 is 15.3 Å².